The van der Waals surface area contributed by atoms with Gasteiger partial charge in [0.1, 0.15) is 17.1 Å². The van der Waals surface area contributed by atoms with Crippen LogP contribution in [0.25, 0.3) is 11.1 Å². The molecule has 0 aliphatic rings. The maximum atomic E-state index is 11.6. The van der Waals surface area contributed by atoms with Gasteiger partial charge in [-0.05, 0) is 48.1 Å². The number of benzene rings is 3. The van der Waals surface area contributed by atoms with Gasteiger partial charge in [0.2, 0.25) is 0 Å². The average Bonchev–Trinajstić information content (AvgIpc) is 2.79. The van der Waals surface area contributed by atoms with Gasteiger partial charge in [0.15, 0.2) is 5.11 Å². The lowest BCUT2D eigenvalue weighted by molar-refractivity contribution is -0.384. The van der Waals surface area contributed by atoms with Crippen molar-refractivity contribution in [1.29, 1.82) is 0 Å². The molecule has 3 rings (SSSR count). The van der Waals surface area contributed by atoms with Crippen molar-refractivity contribution in [2.45, 2.75) is 0 Å². The van der Waals surface area contributed by atoms with Gasteiger partial charge in [-0.1, -0.05) is 29.8 Å². The molecule has 3 aromatic rings. The molecule has 33 heavy (non-hydrogen) atoms. The first-order chi connectivity index (χ1) is 15.7. The van der Waals surface area contributed by atoms with Crippen molar-refractivity contribution >= 4 is 51.9 Å². The number of anilines is 2. The van der Waals surface area contributed by atoms with Crippen LogP contribution in [-0.2, 0) is 0 Å². The lowest BCUT2D eigenvalue weighted by Crippen LogP contribution is -2.19. The molecule has 11 heteroatoms. The highest BCUT2D eigenvalue weighted by atomic mass is 35.5. The second-order valence-corrected chi connectivity index (χ2v) is 7.48. The van der Waals surface area contributed by atoms with Crippen molar-refractivity contribution in [2.75, 3.05) is 24.9 Å². The maximum Gasteiger partial charge on any atom is 0.289 e. The number of methoxy groups -OCH3 is 2. The van der Waals surface area contributed by atoms with Gasteiger partial charge >= 0.3 is 0 Å². The second kappa shape index (κ2) is 10.2. The van der Waals surface area contributed by atoms with E-state index in [1.165, 1.54) is 20.3 Å². The molecule has 1 amide bonds. The molecule has 0 radical (unpaired) electrons. The lowest BCUT2D eigenvalue weighted by atomic mass is 9.99. The van der Waals surface area contributed by atoms with Gasteiger partial charge in [0, 0.05) is 11.8 Å². The second-order valence-electron chi connectivity index (χ2n) is 6.67. The third-order valence-electron chi connectivity index (χ3n) is 4.66. The van der Waals surface area contributed by atoms with Crippen LogP contribution >= 0.6 is 23.8 Å². The molecule has 0 unspecified atom stereocenters. The normalized spacial score (nSPS) is 10.3. The minimum Gasteiger partial charge on any atom is -0.495 e. The predicted octanol–water partition coefficient (Wildman–Crippen LogP) is 4.84. The number of para-hydroxylation sites is 1. The molecule has 0 saturated carbocycles. The summed E-state index contributed by atoms with van der Waals surface area (Å²) < 4.78 is 10.5. The van der Waals surface area contributed by atoms with Gasteiger partial charge < -0.3 is 25.8 Å². The minimum absolute atomic E-state index is 0.155. The third-order valence-corrected chi connectivity index (χ3v) is 5.16. The molecule has 3 aromatic carbocycles. The number of nitro groups is 1. The van der Waals surface area contributed by atoms with Crippen molar-refractivity contribution in [3.8, 4) is 22.6 Å². The maximum absolute atomic E-state index is 11.6. The van der Waals surface area contributed by atoms with Gasteiger partial charge in [-0.25, -0.2) is 0 Å². The van der Waals surface area contributed by atoms with Crippen LogP contribution in [0.1, 0.15) is 10.4 Å². The highest BCUT2D eigenvalue weighted by Gasteiger charge is 2.23. The monoisotopic (exact) mass is 486 g/mol. The van der Waals surface area contributed by atoms with Gasteiger partial charge in [-0.2, -0.15) is 0 Å². The molecule has 0 atom stereocenters. The number of primary amides is 1. The quantitative estimate of drug-likeness (QED) is 0.246. The Morgan fingerprint density at radius 2 is 1.73 bits per heavy atom. The lowest BCUT2D eigenvalue weighted by Gasteiger charge is -2.15. The largest absolute Gasteiger partial charge is 0.495 e. The summed E-state index contributed by atoms with van der Waals surface area (Å²) >= 11 is 11.5. The van der Waals surface area contributed by atoms with Crippen molar-refractivity contribution in [3.63, 3.8) is 0 Å². The van der Waals surface area contributed by atoms with E-state index in [-0.39, 0.29) is 21.9 Å². The number of carbonyl (C=O) groups is 1. The molecule has 0 bridgehead atoms. The van der Waals surface area contributed by atoms with Crippen LogP contribution in [0.15, 0.2) is 54.6 Å². The van der Waals surface area contributed by atoms with E-state index < -0.39 is 10.8 Å². The number of ether oxygens (including phenoxy) is 2. The number of nitrogens with zero attached hydrogens (tertiary/aromatic N) is 1. The van der Waals surface area contributed by atoms with Crippen LogP contribution in [0, 0.1) is 10.1 Å². The summed E-state index contributed by atoms with van der Waals surface area (Å²) in [5, 5.41) is 18.2. The number of rotatable bonds is 7. The summed E-state index contributed by atoms with van der Waals surface area (Å²) in [6, 6.07) is 14.4. The van der Waals surface area contributed by atoms with Crippen LogP contribution in [0.2, 0.25) is 5.02 Å². The molecule has 0 heterocycles. The fourth-order valence-corrected chi connectivity index (χ4v) is 3.62. The van der Waals surface area contributed by atoms with E-state index in [4.69, 9.17) is 39.0 Å². The van der Waals surface area contributed by atoms with Crippen LogP contribution in [0.3, 0.4) is 0 Å². The molecular weight excluding hydrogens is 468 g/mol. The fourth-order valence-electron chi connectivity index (χ4n) is 3.15. The summed E-state index contributed by atoms with van der Waals surface area (Å²) in [6.45, 7) is 0. The van der Waals surface area contributed by atoms with E-state index in [2.05, 4.69) is 10.6 Å². The molecule has 0 fully saturated rings. The molecule has 9 nitrogen and oxygen atoms in total. The Morgan fingerprint density at radius 3 is 2.30 bits per heavy atom. The number of nitrogens with two attached hydrogens (primary N) is 1. The minimum atomic E-state index is -0.868. The Kier molecular flexibility index (Phi) is 7.31. The zero-order chi connectivity index (χ0) is 24.1. The zero-order valence-corrected chi connectivity index (χ0v) is 19.1. The van der Waals surface area contributed by atoms with E-state index in [0.29, 0.717) is 33.5 Å². The first kappa shape index (κ1) is 23.8. The highest BCUT2D eigenvalue weighted by Crippen LogP contribution is 2.36. The summed E-state index contributed by atoms with van der Waals surface area (Å²) in [6.07, 6.45) is 0. The Bertz CT molecular complexity index is 1230. The van der Waals surface area contributed by atoms with E-state index >= 15 is 0 Å². The van der Waals surface area contributed by atoms with Gasteiger partial charge in [0.05, 0.1) is 35.4 Å². The Hall–Kier alpha value is -3.89. The molecule has 170 valence electrons. The smallest absolute Gasteiger partial charge is 0.289 e. The molecule has 4 N–H and O–H groups in total. The van der Waals surface area contributed by atoms with Crippen LogP contribution < -0.4 is 25.8 Å². The highest BCUT2D eigenvalue weighted by molar-refractivity contribution is 7.80. The number of amides is 1. The first-order valence-corrected chi connectivity index (χ1v) is 10.2. The number of hydrogen-bond donors (Lipinski definition) is 3. The van der Waals surface area contributed by atoms with Crippen molar-refractivity contribution in [1.82, 2.24) is 0 Å². The van der Waals surface area contributed by atoms with Crippen LogP contribution in [-0.4, -0.2) is 30.2 Å². The summed E-state index contributed by atoms with van der Waals surface area (Å²) in [7, 11) is 3.01. The third kappa shape index (κ3) is 5.30. The number of nitrogens with one attached hydrogen (secondary N) is 2. The first-order valence-electron chi connectivity index (χ1n) is 9.42. The summed E-state index contributed by atoms with van der Waals surface area (Å²) in [4.78, 5) is 22.5. The number of halogens is 1. The summed E-state index contributed by atoms with van der Waals surface area (Å²) in [5.41, 5.74) is 6.78. The summed E-state index contributed by atoms with van der Waals surface area (Å²) in [5.74, 6) is 0.0766. The van der Waals surface area contributed by atoms with Gasteiger partial charge in [-0.3, -0.25) is 14.9 Å². The standard InChI is InChI=1S/C22H19ClN4O5S/c1-31-18-11-19(32-2)17(10-16(18)23)26-22(33)25-13-8-6-12(7-9-13)14-4-3-5-15(21(24)28)20(14)27(29)30/h3-11H,1-2H3,(H2,24,28)(H2,25,26,33). The van der Waals surface area contributed by atoms with E-state index in [1.54, 1.807) is 48.5 Å². The number of carbonyl (C=O) groups excluding carboxylic acids is 1. The van der Waals surface area contributed by atoms with Crippen LogP contribution in [0.4, 0.5) is 17.1 Å². The van der Waals surface area contributed by atoms with E-state index in [9.17, 15) is 14.9 Å². The number of thiocarbonyl (C=S) groups is 1. The Labute approximate surface area is 199 Å². The SMILES string of the molecule is COc1cc(OC)c(NC(=S)Nc2ccc(-c3cccc(C(N)=O)c3[N+](=O)[O-])cc2)cc1Cl. The van der Waals surface area contributed by atoms with Gasteiger partial charge in [-0.15, -0.1) is 0 Å². The molecule has 0 aliphatic carbocycles. The zero-order valence-electron chi connectivity index (χ0n) is 17.5. The predicted molar refractivity (Wildman–Crippen MR) is 131 cm³/mol. The van der Waals surface area contributed by atoms with Crippen LogP contribution in [0.5, 0.6) is 11.5 Å². The van der Waals surface area contributed by atoms with E-state index in [0.717, 1.165) is 0 Å². The Morgan fingerprint density at radius 1 is 1.06 bits per heavy atom. The topological polar surface area (TPSA) is 129 Å². The number of nitro benzene ring substituents is 1. The average molecular weight is 487 g/mol. The molecule has 0 aliphatic heterocycles. The molecule has 0 aromatic heterocycles. The van der Waals surface area contributed by atoms with Gasteiger partial charge in [0.25, 0.3) is 11.6 Å². The number of hydrogen-bond acceptors (Lipinski definition) is 6. The van der Waals surface area contributed by atoms with Crippen molar-refractivity contribution in [2.24, 2.45) is 5.73 Å². The van der Waals surface area contributed by atoms with E-state index in [1.807, 2.05) is 0 Å². The molecule has 0 spiro atoms. The fraction of sp³-hybridized carbons (Fsp3) is 0.0909. The molecule has 0 saturated heterocycles. The Balaban J connectivity index is 1.81. The van der Waals surface area contributed by atoms with Crippen molar-refractivity contribution in [3.05, 3.63) is 75.3 Å². The molecular formula is C22H19ClN4O5S. The van der Waals surface area contributed by atoms with Crippen molar-refractivity contribution < 1.29 is 19.2 Å².